The van der Waals surface area contributed by atoms with Gasteiger partial charge in [-0.2, -0.15) is 0 Å². The van der Waals surface area contributed by atoms with Crippen LogP contribution in [0.5, 0.6) is 0 Å². The van der Waals surface area contributed by atoms with Crippen LogP contribution in [0.25, 0.3) is 0 Å². The summed E-state index contributed by atoms with van der Waals surface area (Å²) in [7, 11) is 1.87. The number of carbonyl (C=O) groups excluding carboxylic acids is 1. The summed E-state index contributed by atoms with van der Waals surface area (Å²) in [4.78, 5) is 15.4. The minimum atomic E-state index is 0. The molecule has 98 valence electrons. The fourth-order valence-corrected chi connectivity index (χ4v) is 2.11. The topological polar surface area (TPSA) is 35.6 Å². The van der Waals surface area contributed by atoms with Crippen molar-refractivity contribution in [2.24, 2.45) is 0 Å². The molecular formula is C9H20Cl3N3O. The number of likely N-dealkylation sites (N-methyl/N-ethyl adjacent to an activating group) is 1. The van der Waals surface area contributed by atoms with E-state index in [4.69, 9.17) is 0 Å². The Bertz CT molecular complexity index is 212. The van der Waals surface area contributed by atoms with Crippen LogP contribution in [0.4, 0.5) is 4.79 Å². The maximum absolute atomic E-state index is 11.6. The number of nitrogens with one attached hydrogen (secondary N) is 1. The van der Waals surface area contributed by atoms with E-state index in [1.165, 1.54) is 6.42 Å². The lowest BCUT2D eigenvalue weighted by atomic mass is 10.1. The zero-order valence-corrected chi connectivity index (χ0v) is 11.8. The summed E-state index contributed by atoms with van der Waals surface area (Å²) in [6, 6.07) is 0.639. The lowest BCUT2D eigenvalue weighted by Crippen LogP contribution is -2.47. The van der Waals surface area contributed by atoms with Gasteiger partial charge >= 0.3 is 6.03 Å². The van der Waals surface area contributed by atoms with E-state index in [0.717, 1.165) is 32.6 Å². The molecule has 7 heteroatoms. The number of hydrogen-bond donors (Lipinski definition) is 1. The summed E-state index contributed by atoms with van der Waals surface area (Å²) in [6.45, 7) is 3.87. The second-order valence-electron chi connectivity index (χ2n) is 3.90. The van der Waals surface area contributed by atoms with E-state index in [0.29, 0.717) is 6.04 Å². The smallest absolute Gasteiger partial charge is 0.320 e. The molecule has 16 heavy (non-hydrogen) atoms. The standard InChI is InChI=1S/C9H17N3O.3ClH/c1-11-5-6-12(9(11)13)8-3-2-4-10-7-8;;;/h8,10H,2-7H2,1H3;3*1H. The number of halogens is 3. The van der Waals surface area contributed by atoms with Gasteiger partial charge in [-0.3, -0.25) is 0 Å². The molecule has 0 bridgehead atoms. The lowest BCUT2D eigenvalue weighted by Gasteiger charge is -2.30. The molecule has 0 aromatic heterocycles. The van der Waals surface area contributed by atoms with E-state index in [1.807, 2.05) is 11.9 Å². The Kier molecular flexibility index (Phi) is 9.50. The summed E-state index contributed by atoms with van der Waals surface area (Å²) in [6.07, 6.45) is 2.35. The largest absolute Gasteiger partial charge is 0.326 e. The molecule has 2 aliphatic rings. The summed E-state index contributed by atoms with van der Waals surface area (Å²) >= 11 is 0. The average molecular weight is 293 g/mol. The Morgan fingerprint density at radius 1 is 1.25 bits per heavy atom. The van der Waals surface area contributed by atoms with Crippen molar-refractivity contribution >= 4 is 43.3 Å². The number of hydrogen-bond acceptors (Lipinski definition) is 2. The van der Waals surface area contributed by atoms with Crippen LogP contribution in [0, 0.1) is 0 Å². The first-order valence-electron chi connectivity index (χ1n) is 5.01. The van der Waals surface area contributed by atoms with Gasteiger partial charge in [0.05, 0.1) is 0 Å². The second kappa shape index (κ2) is 8.23. The zero-order valence-electron chi connectivity index (χ0n) is 9.35. The molecule has 2 amide bonds. The fourth-order valence-electron chi connectivity index (χ4n) is 2.11. The predicted molar refractivity (Wildman–Crippen MR) is 72.4 cm³/mol. The van der Waals surface area contributed by atoms with Crippen LogP contribution in [0.2, 0.25) is 0 Å². The number of carbonyl (C=O) groups is 1. The van der Waals surface area contributed by atoms with Gasteiger partial charge in [-0.25, -0.2) is 4.79 Å². The second-order valence-corrected chi connectivity index (χ2v) is 3.90. The third kappa shape index (κ3) is 3.84. The van der Waals surface area contributed by atoms with Crippen LogP contribution in [-0.4, -0.2) is 55.1 Å². The van der Waals surface area contributed by atoms with Crippen LogP contribution < -0.4 is 5.32 Å². The molecule has 0 aliphatic carbocycles. The Morgan fingerprint density at radius 2 is 1.94 bits per heavy atom. The number of amides is 2. The minimum absolute atomic E-state index is 0. The summed E-state index contributed by atoms with van der Waals surface area (Å²) in [5, 5.41) is 3.33. The van der Waals surface area contributed by atoms with Crippen molar-refractivity contribution in [3.63, 3.8) is 0 Å². The molecule has 1 unspecified atom stereocenters. The van der Waals surface area contributed by atoms with Crippen LogP contribution in [0.1, 0.15) is 12.8 Å². The van der Waals surface area contributed by atoms with Crippen molar-refractivity contribution in [3.05, 3.63) is 0 Å². The molecule has 2 aliphatic heterocycles. The highest BCUT2D eigenvalue weighted by molar-refractivity contribution is 5.86. The summed E-state index contributed by atoms with van der Waals surface area (Å²) in [5.74, 6) is 0. The van der Waals surface area contributed by atoms with Gasteiger partial charge in [0.15, 0.2) is 0 Å². The molecular weight excluding hydrogens is 272 g/mol. The highest BCUT2D eigenvalue weighted by atomic mass is 35.5. The van der Waals surface area contributed by atoms with E-state index in [9.17, 15) is 4.79 Å². The van der Waals surface area contributed by atoms with E-state index in [2.05, 4.69) is 5.32 Å². The van der Waals surface area contributed by atoms with Crippen molar-refractivity contribution in [2.45, 2.75) is 18.9 Å². The van der Waals surface area contributed by atoms with Gasteiger partial charge in [-0.1, -0.05) is 0 Å². The van der Waals surface area contributed by atoms with Gasteiger partial charge in [-0.15, -0.1) is 37.2 Å². The lowest BCUT2D eigenvalue weighted by molar-refractivity contribution is 0.172. The van der Waals surface area contributed by atoms with Crippen molar-refractivity contribution in [2.75, 3.05) is 33.2 Å². The molecule has 0 aromatic carbocycles. The number of rotatable bonds is 1. The highest BCUT2D eigenvalue weighted by Crippen LogP contribution is 2.15. The maximum atomic E-state index is 11.6. The molecule has 1 N–H and O–H groups in total. The Balaban J connectivity index is 0. The Morgan fingerprint density at radius 3 is 2.38 bits per heavy atom. The molecule has 2 fully saturated rings. The highest BCUT2D eigenvalue weighted by Gasteiger charge is 2.31. The van der Waals surface area contributed by atoms with Gasteiger partial charge in [-0.05, 0) is 19.4 Å². The van der Waals surface area contributed by atoms with Crippen molar-refractivity contribution in [1.29, 1.82) is 0 Å². The van der Waals surface area contributed by atoms with Gasteiger partial charge in [0.2, 0.25) is 0 Å². The number of urea groups is 1. The van der Waals surface area contributed by atoms with Crippen LogP contribution >= 0.6 is 37.2 Å². The quantitative estimate of drug-likeness (QED) is 0.792. The Labute approximate surface area is 115 Å². The molecule has 2 rings (SSSR count). The maximum Gasteiger partial charge on any atom is 0.320 e. The van der Waals surface area contributed by atoms with Gasteiger partial charge in [0.1, 0.15) is 0 Å². The van der Waals surface area contributed by atoms with E-state index >= 15 is 0 Å². The molecule has 1 atom stereocenters. The van der Waals surface area contributed by atoms with Crippen molar-refractivity contribution in [3.8, 4) is 0 Å². The van der Waals surface area contributed by atoms with Gasteiger partial charge < -0.3 is 15.1 Å². The van der Waals surface area contributed by atoms with E-state index in [1.54, 1.807) is 4.90 Å². The third-order valence-electron chi connectivity index (χ3n) is 2.96. The van der Waals surface area contributed by atoms with Crippen LogP contribution in [0.15, 0.2) is 0 Å². The SMILES string of the molecule is CN1CCN(C2CCCNC2)C1=O.Cl.Cl.Cl. The normalized spacial score (nSPS) is 24.3. The van der Waals surface area contributed by atoms with E-state index in [-0.39, 0.29) is 43.3 Å². The first-order chi connectivity index (χ1) is 6.29. The minimum Gasteiger partial charge on any atom is -0.326 e. The molecule has 0 spiro atoms. The van der Waals surface area contributed by atoms with Gasteiger partial charge in [0, 0.05) is 32.7 Å². The van der Waals surface area contributed by atoms with E-state index < -0.39 is 0 Å². The average Bonchev–Trinajstić information content (AvgIpc) is 2.49. The van der Waals surface area contributed by atoms with Gasteiger partial charge in [0.25, 0.3) is 0 Å². The third-order valence-corrected chi connectivity index (χ3v) is 2.96. The van der Waals surface area contributed by atoms with Crippen molar-refractivity contribution in [1.82, 2.24) is 15.1 Å². The number of nitrogens with zero attached hydrogens (tertiary/aromatic N) is 2. The first-order valence-corrected chi connectivity index (χ1v) is 5.01. The predicted octanol–water partition coefficient (Wildman–Crippen LogP) is 1.37. The van der Waals surface area contributed by atoms with Crippen LogP contribution in [-0.2, 0) is 0 Å². The summed E-state index contributed by atoms with van der Waals surface area (Å²) < 4.78 is 0. The fraction of sp³-hybridized carbons (Fsp3) is 0.889. The molecule has 0 saturated carbocycles. The molecule has 4 nitrogen and oxygen atoms in total. The zero-order chi connectivity index (χ0) is 9.26. The first kappa shape index (κ1) is 18.5. The molecule has 0 radical (unpaired) electrons. The monoisotopic (exact) mass is 291 g/mol. The summed E-state index contributed by atoms with van der Waals surface area (Å²) in [5.41, 5.74) is 0. The van der Waals surface area contributed by atoms with Crippen molar-refractivity contribution < 1.29 is 4.79 Å². The molecule has 2 heterocycles. The Hall–Kier alpha value is 0.1000. The molecule has 2 saturated heterocycles. The van der Waals surface area contributed by atoms with Crippen LogP contribution in [0.3, 0.4) is 0 Å². The molecule has 0 aromatic rings. The number of piperidine rings is 1.